The van der Waals surface area contributed by atoms with Crippen molar-refractivity contribution < 1.29 is 14.3 Å². The standard InChI is InChI=1S/C16H13FO2/c1-11-5-7-12(8-6-11)15(10-16(18)19)13-3-2-4-14(17)9-13/h2-10H,1H3,(H,18,19)/b15-10-. The summed E-state index contributed by atoms with van der Waals surface area (Å²) in [5.74, 6) is -1.44. The molecule has 0 spiro atoms. The van der Waals surface area contributed by atoms with E-state index in [1.54, 1.807) is 12.1 Å². The van der Waals surface area contributed by atoms with E-state index in [1.807, 2.05) is 31.2 Å². The van der Waals surface area contributed by atoms with Crippen LogP contribution in [-0.4, -0.2) is 11.1 Å². The molecule has 2 aromatic carbocycles. The molecule has 2 aromatic rings. The summed E-state index contributed by atoms with van der Waals surface area (Å²) in [6.07, 6.45) is 1.10. The lowest BCUT2D eigenvalue weighted by Crippen LogP contribution is -1.95. The second-order valence-electron chi connectivity index (χ2n) is 4.27. The van der Waals surface area contributed by atoms with Gasteiger partial charge in [-0.3, -0.25) is 0 Å². The van der Waals surface area contributed by atoms with Crippen molar-refractivity contribution in [2.75, 3.05) is 0 Å². The Morgan fingerprint density at radius 3 is 2.37 bits per heavy atom. The van der Waals surface area contributed by atoms with Gasteiger partial charge >= 0.3 is 5.97 Å². The summed E-state index contributed by atoms with van der Waals surface area (Å²) in [5, 5.41) is 8.96. The lowest BCUT2D eigenvalue weighted by molar-refractivity contribution is -0.131. The highest BCUT2D eigenvalue weighted by Crippen LogP contribution is 2.24. The summed E-state index contributed by atoms with van der Waals surface area (Å²) in [6.45, 7) is 1.95. The van der Waals surface area contributed by atoms with E-state index in [0.29, 0.717) is 11.1 Å². The van der Waals surface area contributed by atoms with Crippen LogP contribution in [0.3, 0.4) is 0 Å². The molecule has 0 fully saturated rings. The van der Waals surface area contributed by atoms with Crippen LogP contribution in [0.2, 0.25) is 0 Å². The third-order valence-electron chi connectivity index (χ3n) is 2.77. The normalized spacial score (nSPS) is 11.4. The fourth-order valence-corrected chi connectivity index (χ4v) is 1.85. The molecule has 3 heteroatoms. The first kappa shape index (κ1) is 13.0. The van der Waals surface area contributed by atoms with Crippen molar-refractivity contribution >= 4 is 11.5 Å². The van der Waals surface area contributed by atoms with Gasteiger partial charge in [-0.05, 0) is 35.8 Å². The molecule has 0 amide bonds. The predicted octanol–water partition coefficient (Wildman–Crippen LogP) is 3.65. The minimum atomic E-state index is -1.06. The zero-order chi connectivity index (χ0) is 13.8. The van der Waals surface area contributed by atoms with Crippen molar-refractivity contribution in [2.45, 2.75) is 6.92 Å². The number of aliphatic carboxylic acids is 1. The monoisotopic (exact) mass is 256 g/mol. The van der Waals surface area contributed by atoms with Gasteiger partial charge in [-0.1, -0.05) is 42.0 Å². The number of carbonyl (C=O) groups is 1. The average Bonchev–Trinajstić information content (AvgIpc) is 2.37. The highest BCUT2D eigenvalue weighted by atomic mass is 19.1. The van der Waals surface area contributed by atoms with Crippen molar-refractivity contribution in [2.24, 2.45) is 0 Å². The van der Waals surface area contributed by atoms with E-state index in [0.717, 1.165) is 17.2 Å². The van der Waals surface area contributed by atoms with E-state index in [-0.39, 0.29) is 5.82 Å². The fourth-order valence-electron chi connectivity index (χ4n) is 1.85. The highest BCUT2D eigenvalue weighted by Gasteiger charge is 2.08. The molecular weight excluding hydrogens is 243 g/mol. The first-order chi connectivity index (χ1) is 9.06. The van der Waals surface area contributed by atoms with E-state index in [9.17, 15) is 9.18 Å². The zero-order valence-corrected chi connectivity index (χ0v) is 10.4. The molecule has 0 aliphatic heterocycles. The molecule has 2 nitrogen and oxygen atoms in total. The number of hydrogen-bond donors (Lipinski definition) is 1. The second kappa shape index (κ2) is 5.48. The Hall–Kier alpha value is -2.42. The van der Waals surface area contributed by atoms with Crippen LogP contribution < -0.4 is 0 Å². The molecule has 0 radical (unpaired) electrons. The van der Waals surface area contributed by atoms with Crippen molar-refractivity contribution in [3.63, 3.8) is 0 Å². The number of hydrogen-bond acceptors (Lipinski definition) is 1. The molecule has 19 heavy (non-hydrogen) atoms. The van der Waals surface area contributed by atoms with Crippen LogP contribution in [0.4, 0.5) is 4.39 Å². The Morgan fingerprint density at radius 2 is 1.79 bits per heavy atom. The molecule has 0 atom stereocenters. The third kappa shape index (κ3) is 3.28. The molecule has 0 saturated carbocycles. The minimum Gasteiger partial charge on any atom is -0.478 e. The predicted molar refractivity (Wildman–Crippen MR) is 72.3 cm³/mol. The molecule has 96 valence electrons. The maximum absolute atomic E-state index is 13.3. The maximum atomic E-state index is 13.3. The van der Waals surface area contributed by atoms with Crippen LogP contribution in [0.5, 0.6) is 0 Å². The van der Waals surface area contributed by atoms with Crippen LogP contribution in [0.1, 0.15) is 16.7 Å². The minimum absolute atomic E-state index is 0.388. The Labute approximate surface area is 110 Å². The molecule has 0 aromatic heterocycles. The fraction of sp³-hybridized carbons (Fsp3) is 0.0625. The number of carboxylic acids is 1. The molecule has 1 N–H and O–H groups in total. The maximum Gasteiger partial charge on any atom is 0.328 e. The van der Waals surface area contributed by atoms with Crippen LogP contribution in [0.25, 0.3) is 5.57 Å². The van der Waals surface area contributed by atoms with Crippen LogP contribution in [0, 0.1) is 12.7 Å². The van der Waals surface area contributed by atoms with Crippen molar-refractivity contribution in [3.05, 3.63) is 77.1 Å². The lowest BCUT2D eigenvalue weighted by atomic mass is 9.97. The Bertz CT molecular complexity index is 627. The van der Waals surface area contributed by atoms with E-state index in [2.05, 4.69) is 0 Å². The van der Waals surface area contributed by atoms with Gasteiger partial charge in [0, 0.05) is 6.08 Å². The molecular formula is C16H13FO2. The van der Waals surface area contributed by atoms with Gasteiger partial charge in [0.1, 0.15) is 5.82 Å². The molecule has 2 rings (SSSR count). The second-order valence-corrected chi connectivity index (χ2v) is 4.27. The quantitative estimate of drug-likeness (QED) is 0.851. The molecule has 0 bridgehead atoms. The van der Waals surface area contributed by atoms with Crippen LogP contribution >= 0.6 is 0 Å². The Kier molecular flexibility index (Phi) is 3.76. The van der Waals surface area contributed by atoms with Crippen LogP contribution in [0.15, 0.2) is 54.6 Å². The Balaban J connectivity index is 2.54. The zero-order valence-electron chi connectivity index (χ0n) is 10.4. The topological polar surface area (TPSA) is 37.3 Å². The summed E-state index contributed by atoms with van der Waals surface area (Å²) in [6, 6.07) is 13.4. The van der Waals surface area contributed by atoms with Crippen molar-refractivity contribution in [1.82, 2.24) is 0 Å². The Morgan fingerprint density at radius 1 is 1.11 bits per heavy atom. The molecule has 0 aliphatic rings. The number of halogens is 1. The first-order valence-electron chi connectivity index (χ1n) is 5.84. The van der Waals surface area contributed by atoms with E-state index in [4.69, 9.17) is 5.11 Å². The van der Waals surface area contributed by atoms with Gasteiger partial charge in [0.15, 0.2) is 0 Å². The third-order valence-corrected chi connectivity index (χ3v) is 2.77. The number of rotatable bonds is 3. The highest BCUT2D eigenvalue weighted by molar-refractivity contribution is 5.95. The molecule has 0 heterocycles. The summed E-state index contributed by atoms with van der Waals surface area (Å²) in [4.78, 5) is 10.9. The SMILES string of the molecule is Cc1ccc(/C(=C/C(=O)O)c2cccc(F)c2)cc1. The summed E-state index contributed by atoms with van der Waals surface area (Å²) < 4.78 is 13.3. The average molecular weight is 256 g/mol. The van der Waals surface area contributed by atoms with Gasteiger partial charge in [-0.2, -0.15) is 0 Å². The van der Waals surface area contributed by atoms with Gasteiger partial charge in [0.2, 0.25) is 0 Å². The van der Waals surface area contributed by atoms with Gasteiger partial charge < -0.3 is 5.11 Å². The summed E-state index contributed by atoms with van der Waals surface area (Å²) in [5.41, 5.74) is 2.87. The van der Waals surface area contributed by atoms with E-state index in [1.165, 1.54) is 12.1 Å². The van der Waals surface area contributed by atoms with E-state index >= 15 is 0 Å². The van der Waals surface area contributed by atoms with Gasteiger partial charge in [0.25, 0.3) is 0 Å². The smallest absolute Gasteiger partial charge is 0.328 e. The first-order valence-corrected chi connectivity index (χ1v) is 5.84. The lowest BCUT2D eigenvalue weighted by Gasteiger charge is -2.08. The molecule has 0 aliphatic carbocycles. The summed E-state index contributed by atoms with van der Waals surface area (Å²) >= 11 is 0. The van der Waals surface area contributed by atoms with Crippen molar-refractivity contribution in [3.8, 4) is 0 Å². The van der Waals surface area contributed by atoms with Gasteiger partial charge in [-0.25, -0.2) is 9.18 Å². The van der Waals surface area contributed by atoms with E-state index < -0.39 is 5.97 Å². The number of benzene rings is 2. The van der Waals surface area contributed by atoms with Crippen LogP contribution in [-0.2, 0) is 4.79 Å². The number of aryl methyl sites for hydroxylation is 1. The van der Waals surface area contributed by atoms with Crippen molar-refractivity contribution in [1.29, 1.82) is 0 Å². The van der Waals surface area contributed by atoms with Gasteiger partial charge in [0.05, 0.1) is 0 Å². The summed E-state index contributed by atoms with van der Waals surface area (Å²) in [7, 11) is 0. The molecule has 0 saturated heterocycles. The number of carboxylic acid groups (broad SMARTS) is 1. The largest absolute Gasteiger partial charge is 0.478 e. The molecule has 0 unspecified atom stereocenters. The van der Waals surface area contributed by atoms with Gasteiger partial charge in [-0.15, -0.1) is 0 Å².